The van der Waals surface area contributed by atoms with Crippen molar-refractivity contribution in [2.24, 2.45) is 0 Å². The number of nitrogens with one attached hydrogen (secondary N) is 1. The molecule has 3 aromatic rings. The summed E-state index contributed by atoms with van der Waals surface area (Å²) in [6, 6.07) is 26.2. The molecule has 1 amide bonds. The molecular weight excluding hydrogens is 345 g/mol. The first-order chi connectivity index (χ1) is 12.7. The molecule has 0 heterocycles. The highest BCUT2D eigenvalue weighted by Gasteiger charge is 2.21. The van der Waals surface area contributed by atoms with Crippen LogP contribution < -0.4 is 5.32 Å². The molecule has 3 aromatic carbocycles. The van der Waals surface area contributed by atoms with Gasteiger partial charge in [-0.2, -0.15) is 0 Å². The quantitative estimate of drug-likeness (QED) is 0.596. The Bertz CT molecular complexity index is 839. The molecule has 0 fully saturated rings. The van der Waals surface area contributed by atoms with Gasteiger partial charge in [0.05, 0.1) is 0 Å². The van der Waals surface area contributed by atoms with Crippen LogP contribution in [0.4, 0.5) is 4.39 Å². The lowest BCUT2D eigenvalue weighted by Gasteiger charge is -2.17. The Morgan fingerprint density at radius 3 is 2.19 bits per heavy atom. The zero-order valence-corrected chi connectivity index (χ0v) is 15.1. The van der Waals surface area contributed by atoms with Gasteiger partial charge in [0.25, 0.3) is 0 Å². The van der Waals surface area contributed by atoms with Gasteiger partial charge in [0, 0.05) is 11.4 Å². The second-order valence-electron chi connectivity index (χ2n) is 5.85. The molecule has 0 radical (unpaired) electrons. The molecule has 4 heteroatoms. The lowest BCUT2D eigenvalue weighted by molar-refractivity contribution is -0.120. The third-order valence-corrected chi connectivity index (χ3v) is 5.26. The van der Waals surface area contributed by atoms with Gasteiger partial charge in [-0.1, -0.05) is 66.7 Å². The first-order valence-electron chi connectivity index (χ1n) is 8.52. The number of halogens is 1. The summed E-state index contributed by atoms with van der Waals surface area (Å²) in [4.78, 5) is 13.8. The van der Waals surface area contributed by atoms with Gasteiger partial charge >= 0.3 is 0 Å². The second-order valence-corrected chi connectivity index (χ2v) is 7.03. The molecule has 2 nitrogen and oxygen atoms in total. The number of hydrogen-bond acceptors (Lipinski definition) is 2. The minimum Gasteiger partial charge on any atom is -0.354 e. The number of carbonyl (C=O) groups is 1. The smallest absolute Gasteiger partial charge is 0.238 e. The van der Waals surface area contributed by atoms with E-state index in [9.17, 15) is 9.18 Å². The summed E-state index contributed by atoms with van der Waals surface area (Å²) in [7, 11) is 0. The average molecular weight is 365 g/mol. The number of carbonyl (C=O) groups excluding carboxylic acids is 1. The van der Waals surface area contributed by atoms with Crippen molar-refractivity contribution in [3.63, 3.8) is 0 Å². The summed E-state index contributed by atoms with van der Waals surface area (Å²) in [5.74, 6) is -0.304. The summed E-state index contributed by atoms with van der Waals surface area (Å²) >= 11 is 1.51. The van der Waals surface area contributed by atoms with Gasteiger partial charge in [0.15, 0.2) is 0 Å². The van der Waals surface area contributed by atoms with E-state index in [0.29, 0.717) is 18.5 Å². The highest BCUT2D eigenvalue weighted by Crippen LogP contribution is 2.35. The maximum absolute atomic E-state index is 13.7. The molecule has 0 aliphatic rings. The molecule has 132 valence electrons. The van der Waals surface area contributed by atoms with Crippen LogP contribution >= 0.6 is 11.8 Å². The Hall–Kier alpha value is -2.59. The third kappa shape index (κ3) is 4.96. The Morgan fingerprint density at radius 1 is 0.885 bits per heavy atom. The maximum Gasteiger partial charge on any atom is 0.238 e. The van der Waals surface area contributed by atoms with E-state index in [4.69, 9.17) is 0 Å². The van der Waals surface area contributed by atoms with Crippen LogP contribution in [0.3, 0.4) is 0 Å². The Balaban J connectivity index is 1.68. The summed E-state index contributed by atoms with van der Waals surface area (Å²) < 4.78 is 13.7. The van der Waals surface area contributed by atoms with Gasteiger partial charge in [-0.05, 0) is 35.7 Å². The molecule has 0 saturated carbocycles. The predicted octanol–water partition coefficient (Wildman–Crippen LogP) is 5.02. The first kappa shape index (κ1) is 18.2. The standard InChI is InChI=1S/C22H20FNOS/c23-20-14-8-7-9-17(20)15-16-24-22(25)21(18-10-3-1-4-11-18)26-19-12-5-2-6-13-19/h1-14,21H,15-16H2,(H,24,25). The average Bonchev–Trinajstić information content (AvgIpc) is 2.69. The molecule has 1 atom stereocenters. The normalized spacial score (nSPS) is 11.7. The molecular formula is C22H20FNOS. The number of amides is 1. The van der Waals surface area contributed by atoms with Crippen molar-refractivity contribution >= 4 is 17.7 Å². The molecule has 0 saturated heterocycles. The van der Waals surface area contributed by atoms with Crippen LogP contribution in [0.25, 0.3) is 0 Å². The van der Waals surface area contributed by atoms with Crippen LogP contribution in [0.1, 0.15) is 16.4 Å². The summed E-state index contributed by atoms with van der Waals surface area (Å²) in [6.07, 6.45) is 0.468. The monoisotopic (exact) mass is 365 g/mol. The zero-order chi connectivity index (χ0) is 18.2. The SMILES string of the molecule is O=C(NCCc1ccccc1F)C(Sc1ccccc1)c1ccccc1. The van der Waals surface area contributed by atoms with E-state index in [-0.39, 0.29) is 17.0 Å². The van der Waals surface area contributed by atoms with Crippen molar-refractivity contribution < 1.29 is 9.18 Å². The van der Waals surface area contributed by atoms with Gasteiger partial charge in [-0.3, -0.25) is 4.79 Å². The van der Waals surface area contributed by atoms with Crippen molar-refractivity contribution in [1.29, 1.82) is 0 Å². The van der Waals surface area contributed by atoms with Crippen LogP contribution in [0.15, 0.2) is 89.8 Å². The number of thioether (sulfide) groups is 1. The minimum atomic E-state index is -0.348. The van der Waals surface area contributed by atoms with Gasteiger partial charge in [0.2, 0.25) is 5.91 Å². The van der Waals surface area contributed by atoms with Crippen molar-refractivity contribution in [3.05, 3.63) is 102 Å². The van der Waals surface area contributed by atoms with Gasteiger partial charge < -0.3 is 5.32 Å². The van der Waals surface area contributed by atoms with Crippen LogP contribution in [-0.2, 0) is 11.2 Å². The van der Waals surface area contributed by atoms with E-state index in [0.717, 1.165) is 10.5 Å². The molecule has 0 aromatic heterocycles. The van der Waals surface area contributed by atoms with Gasteiger partial charge in [-0.25, -0.2) is 4.39 Å². The number of benzene rings is 3. The summed E-state index contributed by atoms with van der Waals surface area (Å²) in [6.45, 7) is 0.401. The first-order valence-corrected chi connectivity index (χ1v) is 9.40. The van der Waals surface area contributed by atoms with E-state index in [1.165, 1.54) is 17.8 Å². The minimum absolute atomic E-state index is 0.0682. The van der Waals surface area contributed by atoms with Gasteiger partial charge in [0.1, 0.15) is 11.1 Å². The zero-order valence-electron chi connectivity index (χ0n) is 14.3. The second kappa shape index (κ2) is 9.20. The lowest BCUT2D eigenvalue weighted by atomic mass is 10.1. The maximum atomic E-state index is 13.7. The Morgan fingerprint density at radius 2 is 1.50 bits per heavy atom. The topological polar surface area (TPSA) is 29.1 Å². The van der Waals surface area contributed by atoms with Crippen LogP contribution in [0.2, 0.25) is 0 Å². The van der Waals surface area contributed by atoms with E-state index in [2.05, 4.69) is 5.32 Å². The van der Waals surface area contributed by atoms with E-state index >= 15 is 0 Å². The van der Waals surface area contributed by atoms with Crippen LogP contribution in [0, 0.1) is 5.82 Å². The number of hydrogen-bond donors (Lipinski definition) is 1. The Kier molecular flexibility index (Phi) is 6.45. The highest BCUT2D eigenvalue weighted by molar-refractivity contribution is 8.00. The Labute approximate surface area is 157 Å². The fourth-order valence-electron chi connectivity index (χ4n) is 2.65. The fourth-order valence-corrected chi connectivity index (χ4v) is 3.72. The van der Waals surface area contributed by atoms with Crippen LogP contribution in [-0.4, -0.2) is 12.5 Å². The van der Waals surface area contributed by atoms with E-state index < -0.39 is 0 Å². The highest BCUT2D eigenvalue weighted by atomic mass is 32.2. The molecule has 0 spiro atoms. The number of rotatable bonds is 7. The molecule has 3 rings (SSSR count). The molecule has 0 aliphatic carbocycles. The third-order valence-electron chi connectivity index (χ3n) is 3.99. The molecule has 26 heavy (non-hydrogen) atoms. The van der Waals surface area contributed by atoms with Crippen LogP contribution in [0.5, 0.6) is 0 Å². The summed E-state index contributed by atoms with van der Waals surface area (Å²) in [5.41, 5.74) is 1.56. The molecule has 1 unspecified atom stereocenters. The van der Waals surface area contributed by atoms with Gasteiger partial charge in [-0.15, -0.1) is 11.8 Å². The predicted molar refractivity (Wildman–Crippen MR) is 105 cm³/mol. The molecule has 0 bridgehead atoms. The van der Waals surface area contributed by atoms with E-state index in [1.54, 1.807) is 18.2 Å². The molecule has 0 aliphatic heterocycles. The van der Waals surface area contributed by atoms with Crippen molar-refractivity contribution in [2.45, 2.75) is 16.6 Å². The van der Waals surface area contributed by atoms with Crippen molar-refractivity contribution in [1.82, 2.24) is 5.32 Å². The van der Waals surface area contributed by atoms with E-state index in [1.807, 2.05) is 60.7 Å². The lowest BCUT2D eigenvalue weighted by Crippen LogP contribution is -2.30. The fraction of sp³-hybridized carbons (Fsp3) is 0.136. The largest absolute Gasteiger partial charge is 0.354 e. The van der Waals surface area contributed by atoms with Crippen molar-refractivity contribution in [2.75, 3.05) is 6.54 Å². The molecule has 1 N–H and O–H groups in total. The van der Waals surface area contributed by atoms with Crippen molar-refractivity contribution in [3.8, 4) is 0 Å². The summed E-state index contributed by atoms with van der Waals surface area (Å²) in [5, 5.41) is 2.60.